The lowest BCUT2D eigenvalue weighted by atomic mass is 10.1. The number of rotatable bonds is 5. The second-order valence-corrected chi connectivity index (χ2v) is 4.97. The Morgan fingerprint density at radius 1 is 1.40 bits per heavy atom. The van der Waals surface area contributed by atoms with E-state index in [9.17, 15) is 4.79 Å². The van der Waals surface area contributed by atoms with Crippen molar-refractivity contribution < 1.29 is 0 Å². The number of hydrogen-bond acceptors (Lipinski definition) is 4. The summed E-state index contributed by atoms with van der Waals surface area (Å²) in [6.07, 6.45) is 4.42. The predicted molar refractivity (Wildman–Crippen MR) is 77.5 cm³/mol. The van der Waals surface area contributed by atoms with Gasteiger partial charge in [-0.15, -0.1) is 0 Å². The van der Waals surface area contributed by atoms with Gasteiger partial charge in [0.15, 0.2) is 0 Å². The molecule has 0 saturated heterocycles. The van der Waals surface area contributed by atoms with Crippen molar-refractivity contribution in [3.05, 3.63) is 45.7 Å². The van der Waals surface area contributed by atoms with Crippen molar-refractivity contribution in [1.82, 2.24) is 25.3 Å². The molecule has 0 spiro atoms. The van der Waals surface area contributed by atoms with Crippen LogP contribution in [0.2, 0.25) is 0 Å². The van der Waals surface area contributed by atoms with Gasteiger partial charge in [0.1, 0.15) is 11.6 Å². The first-order chi connectivity index (χ1) is 9.52. The lowest BCUT2D eigenvalue weighted by Crippen LogP contribution is -2.31. The smallest absolute Gasteiger partial charge is 0.255 e. The minimum Gasteiger partial charge on any atom is -0.347 e. The highest BCUT2D eigenvalue weighted by Crippen LogP contribution is 2.19. The van der Waals surface area contributed by atoms with Gasteiger partial charge < -0.3 is 15.3 Å². The van der Waals surface area contributed by atoms with E-state index < -0.39 is 0 Å². The summed E-state index contributed by atoms with van der Waals surface area (Å²) in [6.45, 7) is 7.70. The van der Waals surface area contributed by atoms with Crippen molar-refractivity contribution >= 4 is 0 Å². The zero-order valence-electron chi connectivity index (χ0n) is 12.3. The molecule has 0 saturated carbocycles. The highest BCUT2D eigenvalue weighted by Gasteiger charge is 2.19. The highest BCUT2D eigenvalue weighted by atomic mass is 16.1. The number of aromatic amines is 2. The zero-order valence-corrected chi connectivity index (χ0v) is 12.3. The molecule has 0 aliphatic heterocycles. The molecule has 0 aromatic carbocycles. The van der Waals surface area contributed by atoms with E-state index in [1.54, 1.807) is 19.3 Å². The van der Waals surface area contributed by atoms with E-state index in [4.69, 9.17) is 0 Å². The van der Waals surface area contributed by atoms with Gasteiger partial charge in [-0.3, -0.25) is 4.79 Å². The molecule has 0 amide bonds. The minimum absolute atomic E-state index is 0.0794. The first-order valence-corrected chi connectivity index (χ1v) is 6.85. The zero-order chi connectivity index (χ0) is 14.7. The molecule has 20 heavy (non-hydrogen) atoms. The van der Waals surface area contributed by atoms with Crippen LogP contribution in [0.3, 0.4) is 0 Å². The molecule has 0 radical (unpaired) electrons. The van der Waals surface area contributed by atoms with Crippen LogP contribution in [0.1, 0.15) is 55.3 Å². The third-order valence-electron chi connectivity index (χ3n) is 3.41. The summed E-state index contributed by atoms with van der Waals surface area (Å²) in [7, 11) is 0. The van der Waals surface area contributed by atoms with Gasteiger partial charge in [-0.05, 0) is 27.2 Å². The first-order valence-electron chi connectivity index (χ1n) is 6.85. The molecule has 6 heteroatoms. The summed E-state index contributed by atoms with van der Waals surface area (Å²) < 4.78 is 0. The third-order valence-corrected chi connectivity index (χ3v) is 3.41. The number of nitrogens with zero attached hydrogens (tertiary/aromatic N) is 2. The van der Waals surface area contributed by atoms with Gasteiger partial charge in [-0.1, -0.05) is 6.92 Å². The molecule has 2 aromatic heterocycles. The fourth-order valence-corrected chi connectivity index (χ4v) is 2.49. The average Bonchev–Trinajstić information content (AvgIpc) is 2.88. The first kappa shape index (κ1) is 14.5. The Kier molecular flexibility index (Phi) is 4.34. The highest BCUT2D eigenvalue weighted by molar-refractivity contribution is 5.20. The van der Waals surface area contributed by atoms with Gasteiger partial charge in [0.25, 0.3) is 5.56 Å². The predicted octanol–water partition coefficient (Wildman–Crippen LogP) is 1.91. The van der Waals surface area contributed by atoms with Crippen LogP contribution in [0.4, 0.5) is 0 Å². The Balaban J connectivity index is 2.24. The van der Waals surface area contributed by atoms with Gasteiger partial charge in [0, 0.05) is 24.1 Å². The summed E-state index contributed by atoms with van der Waals surface area (Å²) in [5.74, 6) is 1.52. The lowest BCUT2D eigenvalue weighted by Gasteiger charge is -2.21. The maximum atomic E-state index is 12.1. The van der Waals surface area contributed by atoms with Crippen LogP contribution in [0.5, 0.6) is 0 Å². The van der Waals surface area contributed by atoms with Crippen LogP contribution >= 0.6 is 0 Å². The summed E-state index contributed by atoms with van der Waals surface area (Å²) in [5, 5.41) is 3.43. The van der Waals surface area contributed by atoms with E-state index in [0.717, 1.165) is 17.9 Å². The summed E-state index contributed by atoms with van der Waals surface area (Å²) in [4.78, 5) is 26.6. The van der Waals surface area contributed by atoms with Crippen LogP contribution in [0.25, 0.3) is 0 Å². The second-order valence-electron chi connectivity index (χ2n) is 4.97. The molecule has 0 bridgehead atoms. The molecule has 2 aromatic rings. The monoisotopic (exact) mass is 275 g/mol. The number of H-pyrrole nitrogens is 2. The molecule has 6 nitrogen and oxygen atoms in total. The van der Waals surface area contributed by atoms with Gasteiger partial charge in [-0.2, -0.15) is 0 Å². The Labute approximate surface area is 118 Å². The van der Waals surface area contributed by atoms with Crippen LogP contribution in [-0.4, -0.2) is 19.9 Å². The lowest BCUT2D eigenvalue weighted by molar-refractivity contribution is 0.437. The second kappa shape index (κ2) is 6.00. The molecule has 2 heterocycles. The summed E-state index contributed by atoms with van der Waals surface area (Å²) in [5.41, 5.74) is 1.37. The van der Waals surface area contributed by atoms with Gasteiger partial charge in [0.05, 0.1) is 11.6 Å². The van der Waals surface area contributed by atoms with Crippen LogP contribution in [0.15, 0.2) is 17.2 Å². The molecule has 108 valence electrons. The van der Waals surface area contributed by atoms with E-state index in [0.29, 0.717) is 11.4 Å². The number of hydrogen-bond donors (Lipinski definition) is 3. The summed E-state index contributed by atoms with van der Waals surface area (Å²) >= 11 is 0. The fraction of sp³-hybridized carbons (Fsp3) is 0.500. The maximum Gasteiger partial charge on any atom is 0.255 e. The number of aromatic nitrogens is 4. The molecular weight excluding hydrogens is 254 g/mol. The van der Waals surface area contributed by atoms with E-state index in [-0.39, 0.29) is 17.6 Å². The molecule has 0 fully saturated rings. The van der Waals surface area contributed by atoms with Gasteiger partial charge in [-0.25, -0.2) is 9.97 Å². The van der Waals surface area contributed by atoms with Crippen molar-refractivity contribution in [3.8, 4) is 0 Å². The number of imidazole rings is 1. The topological polar surface area (TPSA) is 86.5 Å². The van der Waals surface area contributed by atoms with Crippen molar-refractivity contribution in [2.75, 3.05) is 0 Å². The van der Waals surface area contributed by atoms with Crippen molar-refractivity contribution in [3.63, 3.8) is 0 Å². The van der Waals surface area contributed by atoms with E-state index in [2.05, 4.69) is 32.2 Å². The maximum absolute atomic E-state index is 12.1. The standard InChI is InChI=1S/C14H21N5O/c1-5-11(13-15-6-7-16-13)18-9(3)12-8(2)17-10(4)19-14(12)20/h6-7,9,11,18H,5H2,1-4H3,(H,15,16)(H,17,19,20). The van der Waals surface area contributed by atoms with Crippen molar-refractivity contribution in [1.29, 1.82) is 0 Å². The van der Waals surface area contributed by atoms with Gasteiger partial charge in [0.2, 0.25) is 0 Å². The molecule has 2 rings (SSSR count). The Morgan fingerprint density at radius 2 is 2.15 bits per heavy atom. The Morgan fingerprint density at radius 3 is 2.70 bits per heavy atom. The quantitative estimate of drug-likeness (QED) is 0.778. The number of nitrogens with one attached hydrogen (secondary N) is 3. The third kappa shape index (κ3) is 2.96. The Hall–Kier alpha value is -1.95. The summed E-state index contributed by atoms with van der Waals surface area (Å²) in [6, 6.07) is -0.0120. The van der Waals surface area contributed by atoms with E-state index in [1.165, 1.54) is 0 Å². The molecule has 0 aliphatic rings. The normalized spacial score (nSPS) is 14.2. The van der Waals surface area contributed by atoms with Gasteiger partial charge >= 0.3 is 0 Å². The molecule has 2 unspecified atom stereocenters. The van der Waals surface area contributed by atoms with E-state index >= 15 is 0 Å². The van der Waals surface area contributed by atoms with Crippen LogP contribution in [-0.2, 0) is 0 Å². The molecular formula is C14H21N5O. The molecule has 0 aliphatic carbocycles. The fourth-order valence-electron chi connectivity index (χ4n) is 2.49. The molecule has 2 atom stereocenters. The minimum atomic E-state index is -0.0955. The molecule has 3 N–H and O–H groups in total. The largest absolute Gasteiger partial charge is 0.347 e. The average molecular weight is 275 g/mol. The number of aryl methyl sites for hydroxylation is 2. The van der Waals surface area contributed by atoms with E-state index in [1.807, 2.05) is 13.8 Å². The van der Waals surface area contributed by atoms with Crippen LogP contribution in [0, 0.1) is 13.8 Å². The van der Waals surface area contributed by atoms with Crippen molar-refractivity contribution in [2.24, 2.45) is 0 Å². The SMILES string of the molecule is CCC(NC(C)c1c(C)nc(C)[nH]c1=O)c1ncc[nH]1. The van der Waals surface area contributed by atoms with Crippen molar-refractivity contribution in [2.45, 2.75) is 46.2 Å². The van der Waals surface area contributed by atoms with Crippen LogP contribution < -0.4 is 10.9 Å². The Bertz CT molecular complexity index is 617.